The zero-order valence-electron chi connectivity index (χ0n) is 7.41. The largest absolute Gasteiger partial charge is 0.256 e. The normalized spacial score (nSPS) is 9.85. The second kappa shape index (κ2) is 2.91. The molecule has 0 aliphatic carbocycles. The van der Waals surface area contributed by atoms with Gasteiger partial charge in [0, 0.05) is 17.1 Å². The molecule has 0 saturated carbocycles. The van der Waals surface area contributed by atoms with E-state index < -0.39 is 0 Å². The average Bonchev–Trinajstić information content (AvgIpc) is 2.17. The van der Waals surface area contributed by atoms with E-state index in [0.29, 0.717) is 0 Å². The molecule has 1 aromatic heterocycles. The SMILES string of the molecule is C#Cc1ccnc2cccc(C)c12. The minimum atomic E-state index is 0.920. The van der Waals surface area contributed by atoms with Gasteiger partial charge in [0.15, 0.2) is 0 Å². The molecular formula is C12H9N. The maximum Gasteiger partial charge on any atom is 0.0717 e. The summed E-state index contributed by atoms with van der Waals surface area (Å²) < 4.78 is 0. The van der Waals surface area contributed by atoms with Crippen LogP contribution in [0, 0.1) is 19.3 Å². The van der Waals surface area contributed by atoms with E-state index in [-0.39, 0.29) is 0 Å². The Morgan fingerprint density at radius 1 is 1.31 bits per heavy atom. The van der Waals surface area contributed by atoms with Crippen molar-refractivity contribution in [1.29, 1.82) is 0 Å². The molecule has 1 aromatic carbocycles. The van der Waals surface area contributed by atoms with Gasteiger partial charge < -0.3 is 0 Å². The van der Waals surface area contributed by atoms with Crippen LogP contribution in [-0.4, -0.2) is 4.98 Å². The Balaban J connectivity index is 2.97. The first-order chi connectivity index (χ1) is 6.33. The summed E-state index contributed by atoms with van der Waals surface area (Å²) in [4.78, 5) is 4.26. The average molecular weight is 167 g/mol. The van der Waals surface area contributed by atoms with Gasteiger partial charge in [0.1, 0.15) is 0 Å². The number of nitrogens with zero attached hydrogens (tertiary/aromatic N) is 1. The highest BCUT2D eigenvalue weighted by molar-refractivity contribution is 5.87. The molecule has 0 amide bonds. The predicted molar refractivity (Wildman–Crippen MR) is 54.4 cm³/mol. The number of aromatic nitrogens is 1. The van der Waals surface area contributed by atoms with Gasteiger partial charge in [-0.3, -0.25) is 4.98 Å². The first kappa shape index (κ1) is 7.82. The topological polar surface area (TPSA) is 12.9 Å². The van der Waals surface area contributed by atoms with Crippen LogP contribution in [0.3, 0.4) is 0 Å². The summed E-state index contributed by atoms with van der Waals surface area (Å²) in [7, 11) is 0. The maximum absolute atomic E-state index is 5.41. The van der Waals surface area contributed by atoms with E-state index in [0.717, 1.165) is 16.5 Å². The van der Waals surface area contributed by atoms with Gasteiger partial charge in [-0.15, -0.1) is 6.42 Å². The van der Waals surface area contributed by atoms with E-state index in [4.69, 9.17) is 6.42 Å². The third-order valence-corrected chi connectivity index (χ3v) is 2.13. The Labute approximate surface area is 77.4 Å². The summed E-state index contributed by atoms with van der Waals surface area (Å²) in [5.74, 6) is 2.67. The van der Waals surface area contributed by atoms with Gasteiger partial charge in [-0.2, -0.15) is 0 Å². The third kappa shape index (κ3) is 1.17. The van der Waals surface area contributed by atoms with E-state index in [1.165, 1.54) is 5.56 Å². The van der Waals surface area contributed by atoms with Crippen molar-refractivity contribution in [3.05, 3.63) is 41.6 Å². The third-order valence-electron chi connectivity index (χ3n) is 2.13. The van der Waals surface area contributed by atoms with Crippen molar-refractivity contribution >= 4 is 10.9 Å². The van der Waals surface area contributed by atoms with Crippen LogP contribution >= 0.6 is 0 Å². The molecule has 2 aromatic rings. The fourth-order valence-electron chi connectivity index (χ4n) is 1.51. The molecule has 0 radical (unpaired) electrons. The van der Waals surface area contributed by atoms with Crippen LogP contribution < -0.4 is 0 Å². The lowest BCUT2D eigenvalue weighted by atomic mass is 10.0. The molecule has 62 valence electrons. The van der Waals surface area contributed by atoms with Gasteiger partial charge in [0.25, 0.3) is 0 Å². The lowest BCUT2D eigenvalue weighted by Gasteiger charge is -2.02. The van der Waals surface area contributed by atoms with E-state index in [2.05, 4.69) is 10.9 Å². The number of hydrogen-bond donors (Lipinski definition) is 0. The molecule has 0 fully saturated rings. The van der Waals surface area contributed by atoms with Crippen LogP contribution in [0.25, 0.3) is 10.9 Å². The molecule has 0 saturated heterocycles. The highest BCUT2D eigenvalue weighted by atomic mass is 14.6. The fourth-order valence-corrected chi connectivity index (χ4v) is 1.51. The number of terminal acetylenes is 1. The van der Waals surface area contributed by atoms with Crippen molar-refractivity contribution in [2.75, 3.05) is 0 Å². The lowest BCUT2D eigenvalue weighted by molar-refractivity contribution is 1.38. The molecule has 2 rings (SSSR count). The van der Waals surface area contributed by atoms with E-state index in [1.54, 1.807) is 6.20 Å². The molecule has 0 aliphatic heterocycles. The summed E-state index contributed by atoms with van der Waals surface area (Å²) in [5, 5.41) is 1.09. The van der Waals surface area contributed by atoms with Crippen molar-refractivity contribution in [2.45, 2.75) is 6.92 Å². The van der Waals surface area contributed by atoms with Crippen LogP contribution in [0.5, 0.6) is 0 Å². The fraction of sp³-hybridized carbons (Fsp3) is 0.0833. The van der Waals surface area contributed by atoms with Crippen LogP contribution in [0.1, 0.15) is 11.1 Å². The van der Waals surface area contributed by atoms with Gasteiger partial charge >= 0.3 is 0 Å². The van der Waals surface area contributed by atoms with Crippen molar-refractivity contribution in [2.24, 2.45) is 0 Å². The van der Waals surface area contributed by atoms with Crippen LogP contribution in [0.4, 0.5) is 0 Å². The monoisotopic (exact) mass is 167 g/mol. The molecule has 1 heterocycles. The number of fused-ring (bicyclic) bond motifs is 1. The Morgan fingerprint density at radius 2 is 2.15 bits per heavy atom. The number of aryl methyl sites for hydroxylation is 1. The maximum atomic E-state index is 5.41. The van der Waals surface area contributed by atoms with Gasteiger partial charge in [0.2, 0.25) is 0 Å². The summed E-state index contributed by atoms with van der Waals surface area (Å²) in [6.45, 7) is 2.05. The zero-order chi connectivity index (χ0) is 9.26. The first-order valence-corrected chi connectivity index (χ1v) is 4.14. The van der Waals surface area contributed by atoms with E-state index in [9.17, 15) is 0 Å². The first-order valence-electron chi connectivity index (χ1n) is 4.14. The number of pyridine rings is 1. The highest BCUT2D eigenvalue weighted by Crippen LogP contribution is 2.19. The van der Waals surface area contributed by atoms with Gasteiger partial charge in [-0.05, 0) is 24.6 Å². The summed E-state index contributed by atoms with van der Waals surface area (Å²) in [6, 6.07) is 7.88. The standard InChI is InChI=1S/C12H9N/c1-3-10-7-8-13-11-6-4-5-9(2)12(10)11/h1,4-8H,2H3. The van der Waals surface area contributed by atoms with Crippen LogP contribution in [-0.2, 0) is 0 Å². The second-order valence-electron chi connectivity index (χ2n) is 2.97. The smallest absolute Gasteiger partial charge is 0.0717 e. The van der Waals surface area contributed by atoms with Gasteiger partial charge in [0.05, 0.1) is 5.52 Å². The van der Waals surface area contributed by atoms with Crippen molar-refractivity contribution < 1.29 is 0 Å². The van der Waals surface area contributed by atoms with E-state index >= 15 is 0 Å². The molecule has 13 heavy (non-hydrogen) atoms. The van der Waals surface area contributed by atoms with Crippen molar-refractivity contribution in [3.63, 3.8) is 0 Å². The number of benzene rings is 1. The number of rotatable bonds is 0. The molecule has 1 heteroatoms. The minimum absolute atomic E-state index is 0.920. The molecule has 0 spiro atoms. The Bertz CT molecular complexity index is 487. The molecule has 0 atom stereocenters. The Morgan fingerprint density at radius 3 is 2.92 bits per heavy atom. The minimum Gasteiger partial charge on any atom is -0.256 e. The lowest BCUT2D eigenvalue weighted by Crippen LogP contribution is -1.85. The van der Waals surface area contributed by atoms with Gasteiger partial charge in [-0.1, -0.05) is 18.1 Å². The van der Waals surface area contributed by atoms with E-state index in [1.807, 2.05) is 31.2 Å². The van der Waals surface area contributed by atoms with Crippen LogP contribution in [0.2, 0.25) is 0 Å². The van der Waals surface area contributed by atoms with Crippen molar-refractivity contribution in [3.8, 4) is 12.3 Å². The van der Waals surface area contributed by atoms with Crippen LogP contribution in [0.15, 0.2) is 30.5 Å². The molecular weight excluding hydrogens is 158 g/mol. The Hall–Kier alpha value is -1.81. The molecule has 0 N–H and O–H groups in total. The molecule has 1 nitrogen and oxygen atoms in total. The predicted octanol–water partition coefficient (Wildman–Crippen LogP) is 2.52. The number of hydrogen-bond acceptors (Lipinski definition) is 1. The summed E-state index contributed by atoms with van der Waals surface area (Å²) >= 11 is 0. The van der Waals surface area contributed by atoms with Gasteiger partial charge in [-0.25, -0.2) is 0 Å². The highest BCUT2D eigenvalue weighted by Gasteiger charge is 2.00. The molecule has 0 bridgehead atoms. The second-order valence-corrected chi connectivity index (χ2v) is 2.97. The molecule has 0 unspecified atom stereocenters. The molecule has 0 aliphatic rings. The summed E-state index contributed by atoms with van der Waals surface area (Å²) in [5.41, 5.74) is 3.07. The summed E-state index contributed by atoms with van der Waals surface area (Å²) in [6.07, 6.45) is 7.15. The Kier molecular flexibility index (Phi) is 1.75. The quantitative estimate of drug-likeness (QED) is 0.549. The zero-order valence-corrected chi connectivity index (χ0v) is 7.41. The van der Waals surface area contributed by atoms with Crippen molar-refractivity contribution in [1.82, 2.24) is 4.98 Å².